The highest BCUT2D eigenvalue weighted by atomic mass is 16.7. The van der Waals surface area contributed by atoms with Gasteiger partial charge in [-0.3, -0.25) is 0 Å². The van der Waals surface area contributed by atoms with Gasteiger partial charge in [-0.25, -0.2) is 0 Å². The second kappa shape index (κ2) is 7.28. The van der Waals surface area contributed by atoms with E-state index < -0.39 is 0 Å². The molecule has 0 aromatic rings. The van der Waals surface area contributed by atoms with Gasteiger partial charge in [0.05, 0.1) is 6.10 Å². The standard InChI is InChI=1S/C9H18O3/c1-4-5-8(10)6-7-9(11-2)12-3/h6-10H,4-5H2,1-3H3. The fourth-order valence-electron chi connectivity index (χ4n) is 0.864. The first-order valence-corrected chi connectivity index (χ1v) is 4.16. The lowest BCUT2D eigenvalue weighted by Crippen LogP contribution is -2.10. The summed E-state index contributed by atoms with van der Waals surface area (Å²) in [4.78, 5) is 0. The van der Waals surface area contributed by atoms with Gasteiger partial charge in [0.25, 0.3) is 0 Å². The summed E-state index contributed by atoms with van der Waals surface area (Å²) in [5.41, 5.74) is 0. The molecule has 72 valence electrons. The fourth-order valence-corrected chi connectivity index (χ4v) is 0.864. The second-order valence-corrected chi connectivity index (χ2v) is 2.58. The van der Waals surface area contributed by atoms with Crippen LogP contribution in [-0.2, 0) is 9.47 Å². The third-order valence-electron chi connectivity index (χ3n) is 1.54. The van der Waals surface area contributed by atoms with E-state index in [1.165, 1.54) is 0 Å². The van der Waals surface area contributed by atoms with Gasteiger partial charge < -0.3 is 14.6 Å². The van der Waals surface area contributed by atoms with Crippen LogP contribution in [0.3, 0.4) is 0 Å². The number of rotatable bonds is 6. The van der Waals surface area contributed by atoms with Crippen molar-refractivity contribution in [3.63, 3.8) is 0 Å². The van der Waals surface area contributed by atoms with E-state index in [2.05, 4.69) is 0 Å². The summed E-state index contributed by atoms with van der Waals surface area (Å²) in [5, 5.41) is 9.29. The number of ether oxygens (including phenoxy) is 2. The Labute approximate surface area is 74.0 Å². The van der Waals surface area contributed by atoms with Crippen molar-refractivity contribution in [2.75, 3.05) is 14.2 Å². The number of aliphatic hydroxyl groups is 1. The molecule has 0 heterocycles. The summed E-state index contributed by atoms with van der Waals surface area (Å²) in [6.45, 7) is 2.03. The summed E-state index contributed by atoms with van der Waals surface area (Å²) < 4.78 is 9.82. The summed E-state index contributed by atoms with van der Waals surface area (Å²) >= 11 is 0. The van der Waals surface area contributed by atoms with Crippen LogP contribution in [-0.4, -0.2) is 31.7 Å². The summed E-state index contributed by atoms with van der Waals surface area (Å²) in [5.74, 6) is 0. The van der Waals surface area contributed by atoms with Gasteiger partial charge in [0, 0.05) is 14.2 Å². The average molecular weight is 174 g/mol. The van der Waals surface area contributed by atoms with E-state index in [0.717, 1.165) is 12.8 Å². The first-order chi connectivity index (χ1) is 5.74. The summed E-state index contributed by atoms with van der Waals surface area (Å²) in [7, 11) is 3.12. The Balaban J connectivity index is 3.69. The molecule has 1 N–H and O–H groups in total. The quantitative estimate of drug-likeness (QED) is 0.487. The minimum atomic E-state index is -0.386. The van der Waals surface area contributed by atoms with E-state index in [4.69, 9.17) is 9.47 Å². The van der Waals surface area contributed by atoms with E-state index >= 15 is 0 Å². The zero-order chi connectivity index (χ0) is 9.40. The van der Waals surface area contributed by atoms with E-state index in [0.29, 0.717) is 0 Å². The van der Waals surface area contributed by atoms with Gasteiger partial charge in [0.2, 0.25) is 0 Å². The third kappa shape index (κ3) is 5.29. The Morgan fingerprint density at radius 2 is 1.83 bits per heavy atom. The molecule has 0 bridgehead atoms. The van der Waals surface area contributed by atoms with Crippen molar-refractivity contribution in [1.82, 2.24) is 0 Å². The highest BCUT2D eigenvalue weighted by Crippen LogP contribution is 2.00. The molecule has 1 atom stereocenters. The summed E-state index contributed by atoms with van der Waals surface area (Å²) in [6, 6.07) is 0. The van der Waals surface area contributed by atoms with Crippen LogP contribution in [0.4, 0.5) is 0 Å². The molecule has 0 aliphatic rings. The highest BCUT2D eigenvalue weighted by molar-refractivity contribution is 4.90. The van der Waals surface area contributed by atoms with Gasteiger partial charge >= 0.3 is 0 Å². The molecule has 0 saturated carbocycles. The summed E-state index contributed by atoms with van der Waals surface area (Å²) in [6.07, 6.45) is 4.41. The zero-order valence-electron chi connectivity index (χ0n) is 7.99. The van der Waals surface area contributed by atoms with Crippen LogP contribution >= 0.6 is 0 Å². The van der Waals surface area contributed by atoms with Crippen molar-refractivity contribution in [3.05, 3.63) is 12.2 Å². The minimum absolute atomic E-state index is 0.350. The minimum Gasteiger partial charge on any atom is -0.389 e. The molecule has 0 fully saturated rings. The van der Waals surface area contributed by atoms with E-state index in [9.17, 15) is 5.11 Å². The van der Waals surface area contributed by atoms with Crippen LogP contribution < -0.4 is 0 Å². The number of methoxy groups -OCH3 is 2. The van der Waals surface area contributed by atoms with Gasteiger partial charge in [-0.15, -0.1) is 0 Å². The fraction of sp³-hybridized carbons (Fsp3) is 0.778. The molecule has 0 spiro atoms. The predicted octanol–water partition coefficient (Wildman–Crippen LogP) is 1.32. The first kappa shape index (κ1) is 11.6. The molecule has 0 saturated heterocycles. The SMILES string of the molecule is CCCC(O)C=CC(OC)OC. The second-order valence-electron chi connectivity index (χ2n) is 2.58. The molecular weight excluding hydrogens is 156 g/mol. The lowest BCUT2D eigenvalue weighted by Gasteiger charge is -2.08. The Morgan fingerprint density at radius 3 is 2.25 bits per heavy atom. The van der Waals surface area contributed by atoms with Crippen LogP contribution in [0.1, 0.15) is 19.8 Å². The first-order valence-electron chi connectivity index (χ1n) is 4.16. The number of hydrogen-bond donors (Lipinski definition) is 1. The van der Waals surface area contributed by atoms with Crippen molar-refractivity contribution in [1.29, 1.82) is 0 Å². The maximum Gasteiger partial charge on any atom is 0.176 e. The topological polar surface area (TPSA) is 38.7 Å². The van der Waals surface area contributed by atoms with E-state index in [1.807, 2.05) is 6.92 Å². The van der Waals surface area contributed by atoms with Crippen LogP contribution in [0.5, 0.6) is 0 Å². The monoisotopic (exact) mass is 174 g/mol. The molecule has 0 aromatic carbocycles. The highest BCUT2D eigenvalue weighted by Gasteiger charge is 2.00. The van der Waals surface area contributed by atoms with Crippen LogP contribution in [0.25, 0.3) is 0 Å². The van der Waals surface area contributed by atoms with Gasteiger partial charge in [-0.05, 0) is 12.5 Å². The van der Waals surface area contributed by atoms with Crippen LogP contribution in [0, 0.1) is 0 Å². The Hall–Kier alpha value is -0.380. The predicted molar refractivity (Wildman–Crippen MR) is 47.9 cm³/mol. The molecule has 0 radical (unpaired) electrons. The lowest BCUT2D eigenvalue weighted by molar-refractivity contribution is -0.0671. The number of aliphatic hydroxyl groups excluding tert-OH is 1. The van der Waals surface area contributed by atoms with Crippen molar-refractivity contribution in [3.8, 4) is 0 Å². The molecule has 0 amide bonds. The van der Waals surface area contributed by atoms with Gasteiger partial charge in [0.1, 0.15) is 0 Å². The van der Waals surface area contributed by atoms with Gasteiger partial charge in [-0.1, -0.05) is 19.4 Å². The van der Waals surface area contributed by atoms with E-state index in [-0.39, 0.29) is 12.4 Å². The molecule has 3 heteroatoms. The Morgan fingerprint density at radius 1 is 1.25 bits per heavy atom. The lowest BCUT2D eigenvalue weighted by atomic mass is 10.2. The molecule has 0 aliphatic carbocycles. The Kier molecular flexibility index (Phi) is 7.05. The van der Waals surface area contributed by atoms with Gasteiger partial charge in [0.15, 0.2) is 6.29 Å². The Bertz CT molecular complexity index is 119. The molecule has 1 unspecified atom stereocenters. The maximum absolute atomic E-state index is 9.29. The third-order valence-corrected chi connectivity index (χ3v) is 1.54. The molecule has 0 rings (SSSR count). The van der Waals surface area contributed by atoms with Crippen molar-refractivity contribution in [2.24, 2.45) is 0 Å². The molecule has 3 nitrogen and oxygen atoms in total. The maximum atomic E-state index is 9.29. The van der Waals surface area contributed by atoms with Crippen LogP contribution in [0.2, 0.25) is 0 Å². The van der Waals surface area contributed by atoms with Gasteiger partial charge in [-0.2, -0.15) is 0 Å². The van der Waals surface area contributed by atoms with E-state index in [1.54, 1.807) is 26.4 Å². The van der Waals surface area contributed by atoms with Crippen molar-refractivity contribution < 1.29 is 14.6 Å². The largest absolute Gasteiger partial charge is 0.389 e. The average Bonchev–Trinajstić information content (AvgIpc) is 2.07. The van der Waals surface area contributed by atoms with Crippen molar-refractivity contribution >= 4 is 0 Å². The smallest absolute Gasteiger partial charge is 0.176 e. The normalized spacial score (nSPS) is 14.4. The molecule has 12 heavy (non-hydrogen) atoms. The molecular formula is C9H18O3. The van der Waals surface area contributed by atoms with Crippen LogP contribution in [0.15, 0.2) is 12.2 Å². The van der Waals surface area contributed by atoms with Crippen molar-refractivity contribution in [2.45, 2.75) is 32.2 Å². The number of hydrogen-bond acceptors (Lipinski definition) is 3. The molecule has 0 aromatic heterocycles. The zero-order valence-corrected chi connectivity index (χ0v) is 7.99. The molecule has 0 aliphatic heterocycles.